The van der Waals surface area contributed by atoms with Crippen molar-refractivity contribution in [1.82, 2.24) is 9.80 Å². The number of hydrogen-bond acceptors (Lipinski definition) is 3. The van der Waals surface area contributed by atoms with Gasteiger partial charge in [0, 0.05) is 19.1 Å². The van der Waals surface area contributed by atoms with E-state index in [-0.39, 0.29) is 5.54 Å². The SMILES string of the molecule is CC1CN(C(C)(C)C=O)CC1N(C)C. The lowest BCUT2D eigenvalue weighted by Crippen LogP contribution is -2.45. The van der Waals surface area contributed by atoms with Gasteiger partial charge in [-0.2, -0.15) is 0 Å². The van der Waals surface area contributed by atoms with Crippen molar-refractivity contribution < 1.29 is 4.79 Å². The van der Waals surface area contributed by atoms with E-state index >= 15 is 0 Å². The molecule has 0 aromatic heterocycles. The van der Waals surface area contributed by atoms with Gasteiger partial charge in [-0.25, -0.2) is 0 Å². The second-order valence-electron chi connectivity index (χ2n) is 5.18. The number of carbonyl (C=O) groups is 1. The third-order valence-electron chi connectivity index (χ3n) is 3.34. The average Bonchev–Trinajstić information content (AvgIpc) is 2.48. The fraction of sp³-hybridized carbons (Fsp3) is 0.909. The summed E-state index contributed by atoms with van der Waals surface area (Å²) in [6.45, 7) is 8.26. The first-order valence-corrected chi connectivity index (χ1v) is 5.26. The Morgan fingerprint density at radius 1 is 1.36 bits per heavy atom. The molecule has 0 aromatic rings. The Bertz CT molecular complexity index is 213. The maximum Gasteiger partial charge on any atom is 0.139 e. The summed E-state index contributed by atoms with van der Waals surface area (Å²) in [5.74, 6) is 0.643. The quantitative estimate of drug-likeness (QED) is 0.628. The smallest absolute Gasteiger partial charge is 0.139 e. The van der Waals surface area contributed by atoms with Crippen molar-refractivity contribution in [3.8, 4) is 0 Å². The molecule has 2 unspecified atom stereocenters. The number of rotatable bonds is 3. The zero-order chi connectivity index (χ0) is 10.9. The molecule has 0 aromatic carbocycles. The van der Waals surface area contributed by atoms with Gasteiger partial charge in [0.25, 0.3) is 0 Å². The van der Waals surface area contributed by atoms with Crippen molar-refractivity contribution in [2.45, 2.75) is 32.4 Å². The summed E-state index contributed by atoms with van der Waals surface area (Å²) in [5, 5.41) is 0. The van der Waals surface area contributed by atoms with Crippen molar-refractivity contribution >= 4 is 6.29 Å². The molecule has 1 aliphatic heterocycles. The largest absolute Gasteiger partial charge is 0.305 e. The van der Waals surface area contributed by atoms with Crippen LogP contribution in [0.5, 0.6) is 0 Å². The van der Waals surface area contributed by atoms with E-state index in [0.717, 1.165) is 19.4 Å². The molecule has 82 valence electrons. The molecule has 14 heavy (non-hydrogen) atoms. The summed E-state index contributed by atoms with van der Waals surface area (Å²) < 4.78 is 0. The predicted octanol–water partition coefficient (Wildman–Crippen LogP) is 0.846. The summed E-state index contributed by atoms with van der Waals surface area (Å²) in [5.41, 5.74) is -0.307. The number of nitrogens with zero attached hydrogens (tertiary/aromatic N) is 2. The average molecular weight is 198 g/mol. The van der Waals surface area contributed by atoms with Crippen molar-refractivity contribution in [2.75, 3.05) is 27.2 Å². The third kappa shape index (κ3) is 2.15. The molecule has 2 atom stereocenters. The van der Waals surface area contributed by atoms with Gasteiger partial charge in [0.15, 0.2) is 0 Å². The molecule has 0 amide bonds. The fourth-order valence-electron chi connectivity index (χ4n) is 2.17. The van der Waals surface area contributed by atoms with Crippen LogP contribution in [0.25, 0.3) is 0 Å². The zero-order valence-corrected chi connectivity index (χ0v) is 9.95. The highest BCUT2D eigenvalue weighted by atomic mass is 16.1. The van der Waals surface area contributed by atoms with Gasteiger partial charge in [0.05, 0.1) is 5.54 Å². The summed E-state index contributed by atoms with van der Waals surface area (Å²) in [6.07, 6.45) is 1.05. The first-order chi connectivity index (χ1) is 6.38. The van der Waals surface area contributed by atoms with Crippen molar-refractivity contribution in [3.63, 3.8) is 0 Å². The highest BCUT2D eigenvalue weighted by Gasteiger charge is 2.38. The minimum absolute atomic E-state index is 0.307. The van der Waals surface area contributed by atoms with Crippen LogP contribution >= 0.6 is 0 Å². The van der Waals surface area contributed by atoms with Crippen molar-refractivity contribution in [3.05, 3.63) is 0 Å². The van der Waals surface area contributed by atoms with E-state index in [9.17, 15) is 4.79 Å². The lowest BCUT2D eigenvalue weighted by molar-refractivity contribution is -0.116. The van der Waals surface area contributed by atoms with Gasteiger partial charge in [-0.05, 0) is 33.9 Å². The molecular formula is C11H22N2O. The number of aldehydes is 1. The lowest BCUT2D eigenvalue weighted by Gasteiger charge is -2.30. The van der Waals surface area contributed by atoms with Crippen molar-refractivity contribution in [2.24, 2.45) is 5.92 Å². The summed E-state index contributed by atoms with van der Waals surface area (Å²) in [7, 11) is 4.22. The van der Waals surface area contributed by atoms with Crippen LogP contribution in [0.2, 0.25) is 0 Å². The van der Waals surface area contributed by atoms with Crippen LogP contribution in [0.3, 0.4) is 0 Å². The van der Waals surface area contributed by atoms with Crippen LogP contribution in [-0.2, 0) is 4.79 Å². The van der Waals surface area contributed by atoms with Gasteiger partial charge in [0.2, 0.25) is 0 Å². The minimum atomic E-state index is -0.307. The Morgan fingerprint density at radius 2 is 1.93 bits per heavy atom. The maximum atomic E-state index is 10.9. The van der Waals surface area contributed by atoms with E-state index in [4.69, 9.17) is 0 Å². The molecule has 0 bridgehead atoms. The van der Waals surface area contributed by atoms with Gasteiger partial charge in [0.1, 0.15) is 6.29 Å². The van der Waals surface area contributed by atoms with E-state index in [0.29, 0.717) is 12.0 Å². The Kier molecular flexibility index (Phi) is 3.32. The molecule has 0 saturated carbocycles. The Labute approximate surface area is 87.1 Å². The van der Waals surface area contributed by atoms with Gasteiger partial charge >= 0.3 is 0 Å². The van der Waals surface area contributed by atoms with Crippen LogP contribution in [-0.4, -0.2) is 54.9 Å². The molecule has 1 aliphatic rings. The summed E-state index contributed by atoms with van der Waals surface area (Å²) in [6, 6.07) is 0.578. The topological polar surface area (TPSA) is 23.6 Å². The summed E-state index contributed by atoms with van der Waals surface area (Å²) >= 11 is 0. The second kappa shape index (κ2) is 3.99. The van der Waals surface area contributed by atoms with Crippen LogP contribution in [0.4, 0.5) is 0 Å². The van der Waals surface area contributed by atoms with E-state index in [2.05, 4.69) is 30.8 Å². The molecular weight excluding hydrogens is 176 g/mol. The standard InChI is InChI=1S/C11H22N2O/c1-9-6-13(11(2,3)8-14)7-10(9)12(4)5/h8-10H,6-7H2,1-5H3. The van der Waals surface area contributed by atoms with Crippen LogP contribution in [0.1, 0.15) is 20.8 Å². The number of hydrogen-bond donors (Lipinski definition) is 0. The Morgan fingerprint density at radius 3 is 2.29 bits per heavy atom. The Hall–Kier alpha value is -0.410. The molecule has 3 heteroatoms. The molecule has 0 spiro atoms. The number of carbonyl (C=O) groups excluding carboxylic acids is 1. The van der Waals surface area contributed by atoms with Gasteiger partial charge in [-0.1, -0.05) is 6.92 Å². The number of likely N-dealkylation sites (N-methyl/N-ethyl adjacent to an activating group) is 1. The fourth-order valence-corrected chi connectivity index (χ4v) is 2.17. The monoisotopic (exact) mass is 198 g/mol. The molecule has 0 N–H and O–H groups in total. The third-order valence-corrected chi connectivity index (χ3v) is 3.34. The normalized spacial score (nSPS) is 29.9. The van der Waals surface area contributed by atoms with E-state index in [1.54, 1.807) is 0 Å². The van der Waals surface area contributed by atoms with Gasteiger partial charge in [-0.15, -0.1) is 0 Å². The molecule has 0 radical (unpaired) electrons. The van der Waals surface area contributed by atoms with Crippen molar-refractivity contribution in [1.29, 1.82) is 0 Å². The molecule has 3 nitrogen and oxygen atoms in total. The van der Waals surface area contributed by atoms with Gasteiger partial charge < -0.3 is 9.69 Å². The van der Waals surface area contributed by atoms with Crippen LogP contribution < -0.4 is 0 Å². The molecule has 1 saturated heterocycles. The van der Waals surface area contributed by atoms with E-state index < -0.39 is 0 Å². The molecule has 1 heterocycles. The lowest BCUT2D eigenvalue weighted by atomic mass is 10.1. The predicted molar refractivity (Wildman–Crippen MR) is 58.4 cm³/mol. The minimum Gasteiger partial charge on any atom is -0.305 e. The first kappa shape index (κ1) is 11.7. The number of likely N-dealkylation sites (tertiary alicyclic amines) is 1. The van der Waals surface area contributed by atoms with Gasteiger partial charge in [-0.3, -0.25) is 4.90 Å². The van der Waals surface area contributed by atoms with Crippen LogP contribution in [0.15, 0.2) is 0 Å². The molecule has 1 fully saturated rings. The molecule has 1 rings (SSSR count). The highest BCUT2D eigenvalue weighted by Crippen LogP contribution is 2.25. The van der Waals surface area contributed by atoms with E-state index in [1.165, 1.54) is 0 Å². The highest BCUT2D eigenvalue weighted by molar-refractivity contribution is 5.62. The zero-order valence-electron chi connectivity index (χ0n) is 9.95. The first-order valence-electron chi connectivity index (χ1n) is 5.26. The van der Waals surface area contributed by atoms with Crippen LogP contribution in [0, 0.1) is 5.92 Å². The second-order valence-corrected chi connectivity index (χ2v) is 5.18. The molecule has 0 aliphatic carbocycles. The summed E-state index contributed by atoms with van der Waals surface area (Å²) in [4.78, 5) is 15.5. The van der Waals surface area contributed by atoms with E-state index in [1.807, 2.05) is 13.8 Å². The maximum absolute atomic E-state index is 10.9. The Balaban J connectivity index is 2.67.